The Balaban J connectivity index is 2.18. The average Bonchev–Trinajstić information content (AvgIpc) is 2.34. The molecule has 0 aromatic carbocycles. The number of hydrogen-bond acceptors (Lipinski definition) is 3. The minimum atomic E-state index is -0.0946. The fraction of sp³-hybridized carbons (Fsp3) is 0.929. The maximum absolute atomic E-state index is 11.8. The highest BCUT2D eigenvalue weighted by Gasteiger charge is 2.22. The zero-order chi connectivity index (χ0) is 13.4. The van der Waals surface area contributed by atoms with E-state index in [0.29, 0.717) is 19.2 Å². The lowest BCUT2D eigenvalue weighted by molar-refractivity contribution is -0.123. The van der Waals surface area contributed by atoms with Gasteiger partial charge in [0.15, 0.2) is 0 Å². The molecule has 1 aliphatic carbocycles. The molecule has 2 N–H and O–H groups in total. The van der Waals surface area contributed by atoms with Crippen molar-refractivity contribution in [3.8, 4) is 0 Å². The van der Waals surface area contributed by atoms with Crippen LogP contribution in [-0.4, -0.2) is 38.3 Å². The van der Waals surface area contributed by atoms with E-state index in [4.69, 9.17) is 4.74 Å². The largest absolute Gasteiger partial charge is 0.385 e. The van der Waals surface area contributed by atoms with Crippen molar-refractivity contribution in [2.45, 2.75) is 58.0 Å². The maximum Gasteiger partial charge on any atom is 0.236 e. The van der Waals surface area contributed by atoms with Crippen LogP contribution in [0.15, 0.2) is 0 Å². The number of methoxy groups -OCH3 is 1. The summed E-state index contributed by atoms with van der Waals surface area (Å²) in [6.07, 6.45) is 5.87. The smallest absolute Gasteiger partial charge is 0.236 e. The van der Waals surface area contributed by atoms with Crippen molar-refractivity contribution < 1.29 is 9.53 Å². The predicted molar refractivity (Wildman–Crippen MR) is 73.5 cm³/mol. The number of nitrogens with one attached hydrogen (secondary N) is 2. The van der Waals surface area contributed by atoms with Gasteiger partial charge >= 0.3 is 0 Å². The molecule has 1 fully saturated rings. The average molecular weight is 256 g/mol. The topological polar surface area (TPSA) is 50.4 Å². The molecule has 1 amide bonds. The van der Waals surface area contributed by atoms with Crippen molar-refractivity contribution in [1.82, 2.24) is 10.6 Å². The van der Waals surface area contributed by atoms with Gasteiger partial charge in [-0.05, 0) is 32.1 Å². The molecule has 1 rings (SSSR count). The molecule has 18 heavy (non-hydrogen) atoms. The molecular weight excluding hydrogens is 228 g/mol. The van der Waals surface area contributed by atoms with Crippen molar-refractivity contribution in [2.75, 3.05) is 20.3 Å². The van der Waals surface area contributed by atoms with Gasteiger partial charge in [-0.15, -0.1) is 0 Å². The first kappa shape index (κ1) is 15.4. The Hall–Kier alpha value is -0.610. The van der Waals surface area contributed by atoms with Gasteiger partial charge in [-0.3, -0.25) is 4.79 Å². The number of amides is 1. The minimum absolute atomic E-state index is 0.0946. The number of rotatable bonds is 7. The molecule has 0 spiro atoms. The highest BCUT2D eigenvalue weighted by atomic mass is 16.5. The van der Waals surface area contributed by atoms with E-state index in [-0.39, 0.29) is 11.9 Å². The van der Waals surface area contributed by atoms with Gasteiger partial charge in [-0.25, -0.2) is 0 Å². The van der Waals surface area contributed by atoms with Crippen LogP contribution in [-0.2, 0) is 9.53 Å². The second-order valence-corrected chi connectivity index (χ2v) is 5.49. The number of carbonyl (C=O) groups excluding carboxylic acids is 1. The number of ether oxygens (including phenoxy) is 1. The zero-order valence-corrected chi connectivity index (χ0v) is 12.0. The van der Waals surface area contributed by atoms with Gasteiger partial charge in [0.1, 0.15) is 0 Å². The van der Waals surface area contributed by atoms with Gasteiger partial charge in [0, 0.05) is 26.3 Å². The molecule has 1 aliphatic rings. The Labute approximate surface area is 111 Å². The van der Waals surface area contributed by atoms with Gasteiger partial charge < -0.3 is 15.4 Å². The van der Waals surface area contributed by atoms with E-state index in [2.05, 4.69) is 17.6 Å². The molecule has 1 saturated carbocycles. The number of hydrogen-bond donors (Lipinski definition) is 2. The SMILES string of the molecule is COCCCNC(=O)C(C)NC1CCCC(C)C1. The molecular formula is C14H28N2O2. The summed E-state index contributed by atoms with van der Waals surface area (Å²) in [5.41, 5.74) is 0. The van der Waals surface area contributed by atoms with E-state index in [1.54, 1.807) is 7.11 Å². The first-order valence-electron chi connectivity index (χ1n) is 7.16. The van der Waals surface area contributed by atoms with Gasteiger partial charge in [0.05, 0.1) is 6.04 Å². The monoisotopic (exact) mass is 256 g/mol. The summed E-state index contributed by atoms with van der Waals surface area (Å²) in [7, 11) is 1.68. The third-order valence-electron chi connectivity index (χ3n) is 3.64. The minimum Gasteiger partial charge on any atom is -0.385 e. The molecule has 106 valence electrons. The van der Waals surface area contributed by atoms with E-state index >= 15 is 0 Å². The van der Waals surface area contributed by atoms with Gasteiger partial charge in [0.25, 0.3) is 0 Å². The Bertz CT molecular complexity index is 246. The molecule has 0 aromatic rings. The molecule has 4 heteroatoms. The van der Waals surface area contributed by atoms with E-state index < -0.39 is 0 Å². The Morgan fingerprint density at radius 1 is 1.44 bits per heavy atom. The third-order valence-corrected chi connectivity index (χ3v) is 3.64. The van der Waals surface area contributed by atoms with Crippen LogP contribution in [0.25, 0.3) is 0 Å². The molecule has 0 saturated heterocycles. The van der Waals surface area contributed by atoms with Crippen LogP contribution in [0.2, 0.25) is 0 Å². The second-order valence-electron chi connectivity index (χ2n) is 5.49. The fourth-order valence-corrected chi connectivity index (χ4v) is 2.60. The third kappa shape index (κ3) is 5.83. The zero-order valence-electron chi connectivity index (χ0n) is 12.0. The fourth-order valence-electron chi connectivity index (χ4n) is 2.60. The molecule has 0 aliphatic heterocycles. The van der Waals surface area contributed by atoms with Crippen molar-refractivity contribution >= 4 is 5.91 Å². The van der Waals surface area contributed by atoms with Crippen LogP contribution in [0.4, 0.5) is 0 Å². The quantitative estimate of drug-likeness (QED) is 0.682. The van der Waals surface area contributed by atoms with Crippen molar-refractivity contribution in [3.63, 3.8) is 0 Å². The number of carbonyl (C=O) groups is 1. The van der Waals surface area contributed by atoms with E-state index in [9.17, 15) is 4.79 Å². The summed E-state index contributed by atoms with van der Waals surface area (Å²) in [5.74, 6) is 0.887. The summed E-state index contributed by atoms with van der Waals surface area (Å²) in [4.78, 5) is 11.8. The summed E-state index contributed by atoms with van der Waals surface area (Å²) in [6.45, 7) is 5.64. The molecule has 0 bridgehead atoms. The van der Waals surface area contributed by atoms with Crippen LogP contribution < -0.4 is 10.6 Å². The molecule has 3 unspecified atom stereocenters. The van der Waals surface area contributed by atoms with E-state index in [1.165, 1.54) is 25.7 Å². The Morgan fingerprint density at radius 3 is 2.89 bits per heavy atom. The predicted octanol–water partition coefficient (Wildman–Crippen LogP) is 1.70. The summed E-state index contributed by atoms with van der Waals surface area (Å²) >= 11 is 0. The van der Waals surface area contributed by atoms with E-state index in [1.807, 2.05) is 6.92 Å². The lowest BCUT2D eigenvalue weighted by Crippen LogP contribution is -2.48. The van der Waals surface area contributed by atoms with Crippen LogP contribution in [0, 0.1) is 5.92 Å². The molecule has 0 radical (unpaired) electrons. The molecule has 4 nitrogen and oxygen atoms in total. The van der Waals surface area contributed by atoms with E-state index in [0.717, 1.165) is 12.3 Å². The summed E-state index contributed by atoms with van der Waals surface area (Å²) < 4.78 is 4.95. The highest BCUT2D eigenvalue weighted by Crippen LogP contribution is 2.23. The van der Waals surface area contributed by atoms with Gasteiger partial charge in [-0.1, -0.05) is 19.8 Å². The summed E-state index contributed by atoms with van der Waals surface area (Å²) in [6, 6.07) is 0.413. The lowest BCUT2D eigenvalue weighted by Gasteiger charge is -2.29. The second kappa shape index (κ2) is 8.48. The first-order chi connectivity index (χ1) is 8.63. The van der Waals surface area contributed by atoms with Gasteiger partial charge in [-0.2, -0.15) is 0 Å². The van der Waals surface area contributed by atoms with Crippen molar-refractivity contribution in [1.29, 1.82) is 0 Å². The van der Waals surface area contributed by atoms with Crippen LogP contribution in [0.5, 0.6) is 0 Å². The van der Waals surface area contributed by atoms with Crippen molar-refractivity contribution in [3.05, 3.63) is 0 Å². The molecule has 3 atom stereocenters. The maximum atomic E-state index is 11.8. The molecule has 0 heterocycles. The Kier molecular flexibility index (Phi) is 7.28. The van der Waals surface area contributed by atoms with Crippen LogP contribution >= 0.6 is 0 Å². The summed E-state index contributed by atoms with van der Waals surface area (Å²) in [5, 5.41) is 6.38. The molecule has 0 aromatic heterocycles. The van der Waals surface area contributed by atoms with Crippen molar-refractivity contribution in [2.24, 2.45) is 5.92 Å². The first-order valence-corrected chi connectivity index (χ1v) is 7.16. The van der Waals surface area contributed by atoms with Gasteiger partial charge in [0.2, 0.25) is 5.91 Å². The normalized spacial score (nSPS) is 25.7. The van der Waals surface area contributed by atoms with Crippen LogP contribution in [0.3, 0.4) is 0 Å². The Morgan fingerprint density at radius 2 is 2.22 bits per heavy atom. The highest BCUT2D eigenvalue weighted by molar-refractivity contribution is 5.81. The lowest BCUT2D eigenvalue weighted by atomic mass is 9.87. The van der Waals surface area contributed by atoms with Crippen LogP contribution in [0.1, 0.15) is 46.0 Å². The standard InChI is InChI=1S/C14H28N2O2/c1-11-6-4-7-13(10-11)16-12(2)14(17)15-8-5-9-18-3/h11-13,16H,4-10H2,1-3H3,(H,15,17).